The molecule has 0 aliphatic carbocycles. The third-order valence-corrected chi connectivity index (χ3v) is 6.20. The van der Waals surface area contributed by atoms with Crippen molar-refractivity contribution in [2.24, 2.45) is 0 Å². The van der Waals surface area contributed by atoms with Gasteiger partial charge in [0.25, 0.3) is 0 Å². The standard InChI is InChI=1S/C29H35NO5/c1-29(2,3)34-28(32)35-30-16-14-26(24-12-8-21(9-13-24)15-17-31)27(19-30)33-20-22-10-11-23-6-4-5-7-25(23)18-22/h4-13,18,26-27,31H,14-17,19-20H2,1-3H3. The molecule has 3 aromatic carbocycles. The fourth-order valence-corrected chi connectivity index (χ4v) is 4.49. The second kappa shape index (κ2) is 11.2. The van der Waals surface area contributed by atoms with Gasteiger partial charge in [-0.3, -0.25) is 0 Å². The van der Waals surface area contributed by atoms with E-state index in [1.165, 1.54) is 16.3 Å². The summed E-state index contributed by atoms with van der Waals surface area (Å²) >= 11 is 0. The zero-order valence-electron chi connectivity index (χ0n) is 20.8. The van der Waals surface area contributed by atoms with E-state index >= 15 is 0 Å². The first-order valence-corrected chi connectivity index (χ1v) is 12.3. The summed E-state index contributed by atoms with van der Waals surface area (Å²) in [5.74, 6) is 0.164. The molecule has 186 valence electrons. The monoisotopic (exact) mass is 477 g/mol. The summed E-state index contributed by atoms with van der Waals surface area (Å²) in [6, 6.07) is 23.0. The smallest absolute Gasteiger partial charge is 0.427 e. The maximum absolute atomic E-state index is 12.2. The summed E-state index contributed by atoms with van der Waals surface area (Å²) in [6.07, 6.45) is 0.563. The predicted molar refractivity (Wildman–Crippen MR) is 136 cm³/mol. The Kier molecular flexibility index (Phi) is 8.06. The molecular formula is C29H35NO5. The highest BCUT2D eigenvalue weighted by molar-refractivity contribution is 5.82. The van der Waals surface area contributed by atoms with Crippen LogP contribution in [0.3, 0.4) is 0 Å². The molecule has 0 aromatic heterocycles. The molecule has 3 aromatic rings. The Labute approximate surface area is 207 Å². The van der Waals surface area contributed by atoms with Gasteiger partial charge in [-0.1, -0.05) is 60.7 Å². The minimum Gasteiger partial charge on any atom is -0.427 e. The van der Waals surface area contributed by atoms with Crippen LogP contribution in [0.4, 0.5) is 4.79 Å². The van der Waals surface area contributed by atoms with E-state index < -0.39 is 11.8 Å². The number of aliphatic hydroxyl groups excluding tert-OH is 1. The molecule has 1 heterocycles. The Morgan fingerprint density at radius 2 is 1.71 bits per heavy atom. The fourth-order valence-electron chi connectivity index (χ4n) is 4.49. The SMILES string of the molecule is CC(C)(C)OC(=O)ON1CCC(c2ccc(CCO)cc2)C(OCc2ccc3ccccc3c2)C1. The second-order valence-corrected chi connectivity index (χ2v) is 10.1. The molecule has 1 fully saturated rings. The molecule has 4 rings (SSSR count). The third kappa shape index (κ3) is 7.04. The summed E-state index contributed by atoms with van der Waals surface area (Å²) in [7, 11) is 0. The number of benzene rings is 3. The minimum atomic E-state index is -0.697. The van der Waals surface area contributed by atoms with Crippen LogP contribution in [0.2, 0.25) is 0 Å². The van der Waals surface area contributed by atoms with Gasteiger partial charge in [0.15, 0.2) is 0 Å². The van der Waals surface area contributed by atoms with Crippen molar-refractivity contribution < 1.29 is 24.2 Å². The Hall–Kier alpha value is -2.93. The van der Waals surface area contributed by atoms with E-state index in [0.29, 0.717) is 26.1 Å². The van der Waals surface area contributed by atoms with Gasteiger partial charge in [-0.15, -0.1) is 5.06 Å². The Bertz CT molecular complexity index is 1120. The summed E-state index contributed by atoms with van der Waals surface area (Å²) in [6.45, 7) is 7.10. The first-order valence-electron chi connectivity index (χ1n) is 12.3. The highest BCUT2D eigenvalue weighted by Crippen LogP contribution is 2.32. The molecule has 1 aliphatic heterocycles. The van der Waals surface area contributed by atoms with Gasteiger partial charge in [-0.2, -0.15) is 0 Å². The lowest BCUT2D eigenvalue weighted by Crippen LogP contribution is -2.45. The van der Waals surface area contributed by atoms with Crippen LogP contribution in [0.1, 0.15) is 49.8 Å². The lowest BCUT2D eigenvalue weighted by Gasteiger charge is -2.37. The molecule has 2 unspecified atom stereocenters. The van der Waals surface area contributed by atoms with Crippen molar-refractivity contribution in [3.63, 3.8) is 0 Å². The number of hydrogen-bond acceptors (Lipinski definition) is 6. The number of aliphatic hydroxyl groups is 1. The summed E-state index contributed by atoms with van der Waals surface area (Å²) in [5, 5.41) is 13.3. The molecule has 35 heavy (non-hydrogen) atoms. The average molecular weight is 478 g/mol. The van der Waals surface area contributed by atoms with Gasteiger partial charge < -0.3 is 19.4 Å². The Morgan fingerprint density at radius 1 is 1.00 bits per heavy atom. The van der Waals surface area contributed by atoms with Gasteiger partial charge in [-0.05, 0) is 67.1 Å². The predicted octanol–water partition coefficient (Wildman–Crippen LogP) is 5.62. The molecule has 0 bridgehead atoms. The summed E-state index contributed by atoms with van der Waals surface area (Å²) in [4.78, 5) is 17.7. The first kappa shape index (κ1) is 25.2. The molecule has 2 atom stereocenters. The topological polar surface area (TPSA) is 68.2 Å². The van der Waals surface area contributed by atoms with E-state index in [2.05, 4.69) is 54.6 Å². The van der Waals surface area contributed by atoms with Crippen molar-refractivity contribution in [1.82, 2.24) is 5.06 Å². The summed E-state index contributed by atoms with van der Waals surface area (Å²) < 4.78 is 11.8. The van der Waals surface area contributed by atoms with Gasteiger partial charge in [-0.25, -0.2) is 4.79 Å². The average Bonchev–Trinajstić information content (AvgIpc) is 2.82. The maximum atomic E-state index is 12.2. The minimum absolute atomic E-state index is 0.136. The van der Waals surface area contributed by atoms with Crippen molar-refractivity contribution in [3.05, 3.63) is 83.4 Å². The second-order valence-electron chi connectivity index (χ2n) is 10.1. The van der Waals surface area contributed by atoms with Gasteiger partial charge >= 0.3 is 6.16 Å². The van der Waals surface area contributed by atoms with Crippen molar-refractivity contribution in [1.29, 1.82) is 0 Å². The number of hydroxylamine groups is 2. The van der Waals surface area contributed by atoms with E-state index in [1.54, 1.807) is 5.06 Å². The maximum Gasteiger partial charge on any atom is 0.528 e. The molecule has 1 aliphatic rings. The molecule has 0 amide bonds. The number of ether oxygens (including phenoxy) is 2. The molecule has 0 spiro atoms. The van der Waals surface area contributed by atoms with Crippen LogP contribution >= 0.6 is 0 Å². The number of hydrogen-bond donors (Lipinski definition) is 1. The lowest BCUT2D eigenvalue weighted by atomic mass is 9.87. The van der Waals surface area contributed by atoms with Crippen LogP contribution in [-0.2, 0) is 27.3 Å². The normalized spacial score (nSPS) is 19.0. The quantitative estimate of drug-likeness (QED) is 0.446. The zero-order chi connectivity index (χ0) is 24.8. The van der Waals surface area contributed by atoms with Gasteiger partial charge in [0.05, 0.1) is 19.3 Å². The lowest BCUT2D eigenvalue weighted by molar-refractivity contribution is -0.179. The van der Waals surface area contributed by atoms with Gasteiger partial charge in [0, 0.05) is 19.1 Å². The fraction of sp³-hybridized carbons (Fsp3) is 0.414. The van der Waals surface area contributed by atoms with Crippen LogP contribution in [0.15, 0.2) is 66.7 Å². The van der Waals surface area contributed by atoms with E-state index in [4.69, 9.17) is 14.3 Å². The van der Waals surface area contributed by atoms with Crippen LogP contribution in [0.25, 0.3) is 10.8 Å². The highest BCUT2D eigenvalue weighted by atomic mass is 16.8. The number of nitrogens with zero attached hydrogens (tertiary/aromatic N) is 1. The van der Waals surface area contributed by atoms with E-state index in [-0.39, 0.29) is 18.6 Å². The number of fused-ring (bicyclic) bond motifs is 1. The van der Waals surface area contributed by atoms with Crippen molar-refractivity contribution in [2.75, 3.05) is 19.7 Å². The molecule has 0 radical (unpaired) electrons. The van der Waals surface area contributed by atoms with Gasteiger partial charge in [0.1, 0.15) is 5.60 Å². The van der Waals surface area contributed by atoms with Crippen molar-refractivity contribution >= 4 is 16.9 Å². The van der Waals surface area contributed by atoms with Crippen molar-refractivity contribution in [3.8, 4) is 0 Å². The molecule has 0 saturated carbocycles. The number of rotatable bonds is 7. The number of carbonyl (C=O) groups is 1. The highest BCUT2D eigenvalue weighted by Gasteiger charge is 2.34. The van der Waals surface area contributed by atoms with Crippen LogP contribution in [-0.4, -0.2) is 47.7 Å². The number of carbonyl (C=O) groups excluding carboxylic acids is 1. The molecule has 6 heteroatoms. The van der Waals surface area contributed by atoms with Crippen LogP contribution < -0.4 is 0 Å². The van der Waals surface area contributed by atoms with E-state index in [0.717, 1.165) is 17.5 Å². The molecule has 1 saturated heterocycles. The van der Waals surface area contributed by atoms with E-state index in [9.17, 15) is 9.90 Å². The van der Waals surface area contributed by atoms with Gasteiger partial charge in [0.2, 0.25) is 0 Å². The zero-order valence-corrected chi connectivity index (χ0v) is 20.8. The third-order valence-electron chi connectivity index (χ3n) is 6.20. The largest absolute Gasteiger partial charge is 0.528 e. The Balaban J connectivity index is 1.48. The number of piperidine rings is 1. The van der Waals surface area contributed by atoms with Crippen LogP contribution in [0, 0.1) is 0 Å². The first-order chi connectivity index (χ1) is 16.8. The Morgan fingerprint density at radius 3 is 2.43 bits per heavy atom. The van der Waals surface area contributed by atoms with E-state index in [1.807, 2.05) is 32.9 Å². The summed E-state index contributed by atoms with van der Waals surface area (Å²) in [5.41, 5.74) is 2.78. The molecular weight excluding hydrogens is 442 g/mol. The van der Waals surface area contributed by atoms with Crippen molar-refractivity contribution in [2.45, 2.75) is 57.8 Å². The molecule has 6 nitrogen and oxygen atoms in total. The van der Waals surface area contributed by atoms with Crippen LogP contribution in [0.5, 0.6) is 0 Å². The molecule has 1 N–H and O–H groups in total.